The molecule has 3 N–H and O–H groups in total. The third kappa shape index (κ3) is 7.73. The number of halogens is 1. The number of nitrogens with one attached hydrogen (secondary N) is 1. The Bertz CT molecular complexity index is 1330. The van der Waals surface area contributed by atoms with Crippen LogP contribution in [0.1, 0.15) is 36.5 Å². The number of nitrogens with two attached hydrogens (primary N) is 1. The molecule has 1 fully saturated rings. The zero-order valence-electron chi connectivity index (χ0n) is 24.2. The maximum Gasteiger partial charge on any atom is 0.246 e. The number of likely N-dealkylation sites (N-methyl/N-ethyl adjacent to an activating group) is 1. The third-order valence-corrected chi connectivity index (χ3v) is 7.58. The number of carbonyl (C=O) groups excluding carboxylic acids is 3. The molecule has 1 heterocycles. The Balaban J connectivity index is 1.44. The van der Waals surface area contributed by atoms with E-state index in [1.807, 2.05) is 61.5 Å². The highest BCUT2D eigenvalue weighted by atomic mass is 19.1. The van der Waals surface area contributed by atoms with E-state index < -0.39 is 18.1 Å². The van der Waals surface area contributed by atoms with Gasteiger partial charge < -0.3 is 25.6 Å². The molecule has 1 saturated heterocycles. The minimum absolute atomic E-state index is 0.213. The maximum atomic E-state index is 13.8. The van der Waals surface area contributed by atoms with Gasteiger partial charge in [-0.15, -0.1) is 0 Å². The summed E-state index contributed by atoms with van der Waals surface area (Å²) in [4.78, 5) is 43.4. The number of rotatable bonds is 12. The molecule has 0 spiro atoms. The van der Waals surface area contributed by atoms with Gasteiger partial charge in [0.25, 0.3) is 0 Å². The average Bonchev–Trinajstić information content (AvgIpc) is 3.01. The summed E-state index contributed by atoms with van der Waals surface area (Å²) in [5, 5.41) is 2.70. The molecule has 3 amide bonds. The first kappa shape index (κ1) is 30.7. The molecule has 42 heavy (non-hydrogen) atoms. The van der Waals surface area contributed by atoms with Crippen LogP contribution in [0.2, 0.25) is 0 Å². The molecule has 3 atom stereocenters. The molecule has 3 aromatic carbocycles. The lowest BCUT2D eigenvalue weighted by atomic mass is 9.97. The zero-order chi connectivity index (χ0) is 30.1. The molecule has 0 bridgehead atoms. The van der Waals surface area contributed by atoms with Crippen molar-refractivity contribution in [2.45, 2.75) is 57.3 Å². The summed E-state index contributed by atoms with van der Waals surface area (Å²) in [7, 11) is 1.55. The molecule has 1 aliphatic heterocycles. The van der Waals surface area contributed by atoms with E-state index in [1.165, 1.54) is 12.1 Å². The maximum absolute atomic E-state index is 13.8. The van der Waals surface area contributed by atoms with Gasteiger partial charge in [-0.25, -0.2) is 4.39 Å². The van der Waals surface area contributed by atoms with Gasteiger partial charge in [0.2, 0.25) is 17.7 Å². The normalized spacial score (nSPS) is 16.6. The monoisotopic (exact) mass is 574 g/mol. The van der Waals surface area contributed by atoms with Crippen molar-refractivity contribution in [1.29, 1.82) is 0 Å². The Labute approximate surface area is 246 Å². The van der Waals surface area contributed by atoms with Gasteiger partial charge in [0, 0.05) is 26.6 Å². The van der Waals surface area contributed by atoms with Crippen LogP contribution in [0.25, 0.3) is 0 Å². The fraction of sp³-hybridized carbons (Fsp3) is 0.364. The second-order valence-electron chi connectivity index (χ2n) is 10.6. The number of benzene rings is 3. The molecule has 0 saturated carbocycles. The number of nitrogens with zero attached hydrogens (tertiary/aromatic N) is 2. The van der Waals surface area contributed by atoms with Crippen molar-refractivity contribution in [2.75, 3.05) is 20.1 Å². The molecule has 0 aromatic heterocycles. The highest BCUT2D eigenvalue weighted by molar-refractivity contribution is 5.94. The number of hydrogen-bond donors (Lipinski definition) is 2. The van der Waals surface area contributed by atoms with E-state index in [-0.39, 0.29) is 43.0 Å². The van der Waals surface area contributed by atoms with E-state index in [9.17, 15) is 18.8 Å². The van der Waals surface area contributed by atoms with Crippen LogP contribution in [-0.4, -0.2) is 65.8 Å². The molecule has 9 heteroatoms. The molecule has 8 nitrogen and oxygen atoms in total. The van der Waals surface area contributed by atoms with Gasteiger partial charge in [-0.2, -0.15) is 0 Å². The molecule has 1 aliphatic rings. The van der Waals surface area contributed by atoms with Crippen LogP contribution >= 0.6 is 0 Å². The van der Waals surface area contributed by atoms with E-state index in [1.54, 1.807) is 29.0 Å². The van der Waals surface area contributed by atoms with Crippen LogP contribution in [0.15, 0.2) is 78.9 Å². The first-order chi connectivity index (χ1) is 20.3. The van der Waals surface area contributed by atoms with Crippen molar-refractivity contribution in [3.8, 4) is 5.75 Å². The molecular weight excluding hydrogens is 535 g/mol. The summed E-state index contributed by atoms with van der Waals surface area (Å²) in [6, 6.07) is 21.0. The lowest BCUT2D eigenvalue weighted by Crippen LogP contribution is -2.65. The topological polar surface area (TPSA) is 105 Å². The molecule has 4 rings (SSSR count). The van der Waals surface area contributed by atoms with Crippen LogP contribution in [0.4, 0.5) is 4.39 Å². The summed E-state index contributed by atoms with van der Waals surface area (Å²) < 4.78 is 19.2. The molecule has 3 aromatic rings. The van der Waals surface area contributed by atoms with E-state index >= 15 is 0 Å². The Morgan fingerprint density at radius 1 is 0.952 bits per heavy atom. The van der Waals surface area contributed by atoms with E-state index in [0.29, 0.717) is 31.6 Å². The number of carbonyl (C=O) groups is 3. The Kier molecular flexibility index (Phi) is 10.7. The van der Waals surface area contributed by atoms with Crippen molar-refractivity contribution < 1.29 is 23.5 Å². The Hall–Kier alpha value is -4.24. The van der Waals surface area contributed by atoms with Crippen LogP contribution in [0.5, 0.6) is 5.75 Å². The summed E-state index contributed by atoms with van der Waals surface area (Å²) in [6.07, 6.45) is 1.69. The predicted octanol–water partition coefficient (Wildman–Crippen LogP) is 3.47. The van der Waals surface area contributed by atoms with E-state index in [4.69, 9.17) is 10.5 Å². The predicted molar refractivity (Wildman–Crippen MR) is 159 cm³/mol. The molecule has 3 unspecified atom stereocenters. The van der Waals surface area contributed by atoms with Crippen LogP contribution in [0.3, 0.4) is 0 Å². The first-order valence-corrected chi connectivity index (χ1v) is 14.4. The summed E-state index contributed by atoms with van der Waals surface area (Å²) in [5.74, 6) is -0.505. The largest absolute Gasteiger partial charge is 0.489 e. The van der Waals surface area contributed by atoms with Gasteiger partial charge >= 0.3 is 0 Å². The first-order valence-electron chi connectivity index (χ1n) is 14.4. The minimum atomic E-state index is -0.869. The number of hydrogen-bond acceptors (Lipinski definition) is 5. The zero-order valence-corrected chi connectivity index (χ0v) is 24.2. The van der Waals surface area contributed by atoms with Crippen LogP contribution in [-0.2, 0) is 33.8 Å². The fourth-order valence-corrected chi connectivity index (χ4v) is 5.30. The smallest absolute Gasteiger partial charge is 0.246 e. The highest BCUT2D eigenvalue weighted by Gasteiger charge is 2.42. The van der Waals surface area contributed by atoms with Gasteiger partial charge in [0.05, 0.1) is 6.04 Å². The fourth-order valence-electron chi connectivity index (χ4n) is 5.30. The van der Waals surface area contributed by atoms with Crippen LogP contribution < -0.4 is 15.8 Å². The van der Waals surface area contributed by atoms with E-state index in [2.05, 4.69) is 5.32 Å². The molecule has 0 radical (unpaired) electrons. The van der Waals surface area contributed by atoms with Crippen molar-refractivity contribution >= 4 is 17.7 Å². The Morgan fingerprint density at radius 2 is 1.60 bits per heavy atom. The second-order valence-corrected chi connectivity index (χ2v) is 10.6. The molecule has 222 valence electrons. The van der Waals surface area contributed by atoms with Crippen LogP contribution in [0, 0.1) is 5.82 Å². The van der Waals surface area contributed by atoms with Gasteiger partial charge in [0.1, 0.15) is 30.3 Å². The third-order valence-electron chi connectivity index (χ3n) is 7.58. The van der Waals surface area contributed by atoms with Crippen molar-refractivity contribution in [3.63, 3.8) is 0 Å². The quantitative estimate of drug-likeness (QED) is 0.345. The standard InChI is InChI=1S/C33H39FN4O4/c1-3-7-29-33(41)38(19-18-37(29)32(40)28(35)20-23-10-14-26(34)15-11-23)30(31(39)36-2)21-24-12-16-27(17-13-24)42-22-25-8-5-4-6-9-25/h4-6,8-17,28-30H,3,7,18-22,35H2,1-2H3,(H,36,39). The van der Waals surface area contributed by atoms with Gasteiger partial charge in [-0.05, 0) is 53.8 Å². The van der Waals surface area contributed by atoms with Gasteiger partial charge in [0.15, 0.2) is 0 Å². The highest BCUT2D eigenvalue weighted by Crippen LogP contribution is 2.23. The lowest BCUT2D eigenvalue weighted by molar-refractivity contribution is -0.156. The van der Waals surface area contributed by atoms with E-state index in [0.717, 1.165) is 16.7 Å². The van der Waals surface area contributed by atoms with Crippen molar-refractivity contribution in [3.05, 3.63) is 101 Å². The number of amides is 3. The molecule has 0 aliphatic carbocycles. The molecular formula is C33H39FN4O4. The number of ether oxygens (including phenoxy) is 1. The second kappa shape index (κ2) is 14.6. The van der Waals surface area contributed by atoms with Gasteiger partial charge in [-0.1, -0.05) is 67.9 Å². The van der Waals surface area contributed by atoms with Crippen molar-refractivity contribution in [1.82, 2.24) is 15.1 Å². The minimum Gasteiger partial charge on any atom is -0.489 e. The lowest BCUT2D eigenvalue weighted by Gasteiger charge is -2.44. The summed E-state index contributed by atoms with van der Waals surface area (Å²) >= 11 is 0. The summed E-state index contributed by atoms with van der Waals surface area (Å²) in [5.41, 5.74) is 8.96. The SMILES string of the molecule is CCCC1C(=O)N(C(Cc2ccc(OCc3ccccc3)cc2)C(=O)NC)CCN1C(=O)C(N)Cc1ccc(F)cc1. The average molecular weight is 575 g/mol. The van der Waals surface area contributed by atoms with Gasteiger partial charge in [-0.3, -0.25) is 14.4 Å². The Morgan fingerprint density at radius 3 is 2.24 bits per heavy atom. The number of piperazine rings is 1. The summed E-state index contributed by atoms with van der Waals surface area (Å²) in [6.45, 7) is 2.88. The van der Waals surface area contributed by atoms with Crippen molar-refractivity contribution in [2.24, 2.45) is 5.73 Å².